The molecular weight excluding hydrogens is 304 g/mol. The molecule has 0 unspecified atom stereocenters. The van der Waals surface area contributed by atoms with Crippen molar-refractivity contribution in [2.75, 3.05) is 6.54 Å². The number of benzene rings is 2. The third-order valence-electron chi connectivity index (χ3n) is 2.94. The molecule has 0 atom stereocenters. The molecule has 3 nitrogen and oxygen atoms in total. The molecule has 94 valence electrons. The molecule has 19 heavy (non-hydrogen) atoms. The Labute approximate surface area is 119 Å². The van der Waals surface area contributed by atoms with Gasteiger partial charge in [-0.15, -0.1) is 0 Å². The summed E-state index contributed by atoms with van der Waals surface area (Å²) in [6, 6.07) is 18.0. The number of hydrazone groups is 1. The predicted octanol–water partition coefficient (Wildman–Crippen LogP) is 1.99. The highest BCUT2D eigenvalue weighted by Gasteiger charge is 2.25. The molecule has 0 saturated heterocycles. The van der Waals surface area contributed by atoms with Gasteiger partial charge in [-0.2, -0.15) is 0 Å². The Morgan fingerprint density at radius 2 is 1.58 bits per heavy atom. The Kier molecular flexibility index (Phi) is 3.17. The summed E-state index contributed by atoms with van der Waals surface area (Å²) in [6.07, 6.45) is 0. The third-order valence-corrected chi connectivity index (χ3v) is 3.47. The number of hydrogen-bond donors (Lipinski definition) is 0. The van der Waals surface area contributed by atoms with Crippen LogP contribution in [0.1, 0.15) is 11.1 Å². The maximum absolute atomic E-state index is 11.1. The number of halogens is 1. The molecule has 0 bridgehead atoms. The van der Waals surface area contributed by atoms with Gasteiger partial charge in [-0.3, -0.25) is 0 Å². The lowest BCUT2D eigenvalue weighted by atomic mass is 10.0. The zero-order valence-corrected chi connectivity index (χ0v) is 11.7. The van der Waals surface area contributed by atoms with Crippen LogP contribution >= 0.6 is 15.9 Å². The third kappa shape index (κ3) is 2.44. The molecular formula is C15H11BrN2O. The minimum absolute atomic E-state index is 0.0782. The molecule has 0 radical (unpaired) electrons. The van der Waals surface area contributed by atoms with E-state index in [1.165, 1.54) is 0 Å². The highest BCUT2D eigenvalue weighted by molar-refractivity contribution is 9.10. The van der Waals surface area contributed by atoms with Gasteiger partial charge in [0.15, 0.2) is 0 Å². The van der Waals surface area contributed by atoms with Gasteiger partial charge in [-0.1, -0.05) is 38.8 Å². The molecule has 0 aromatic heterocycles. The monoisotopic (exact) mass is 314 g/mol. The van der Waals surface area contributed by atoms with Crippen molar-refractivity contribution < 1.29 is 9.79 Å². The quantitative estimate of drug-likeness (QED) is 0.781. The van der Waals surface area contributed by atoms with E-state index in [4.69, 9.17) is 0 Å². The molecule has 0 saturated carbocycles. The van der Waals surface area contributed by atoms with Crippen LogP contribution in [0.5, 0.6) is 0 Å². The lowest BCUT2D eigenvalue weighted by molar-refractivity contribution is -0.562. The van der Waals surface area contributed by atoms with Crippen molar-refractivity contribution in [2.45, 2.75) is 0 Å². The van der Waals surface area contributed by atoms with Crippen LogP contribution in [0.25, 0.3) is 0 Å². The molecule has 0 spiro atoms. The number of rotatable bonds is 2. The highest BCUT2D eigenvalue weighted by Crippen LogP contribution is 2.16. The molecule has 0 N–H and O–H groups in total. The molecule has 1 aliphatic rings. The zero-order valence-electron chi connectivity index (χ0n) is 10.1. The van der Waals surface area contributed by atoms with E-state index in [2.05, 4.69) is 21.0 Å². The van der Waals surface area contributed by atoms with Crippen molar-refractivity contribution in [2.24, 2.45) is 5.10 Å². The van der Waals surface area contributed by atoms with Crippen molar-refractivity contribution in [1.29, 1.82) is 0 Å². The molecule has 0 amide bonds. The van der Waals surface area contributed by atoms with E-state index < -0.39 is 0 Å². The molecule has 0 aliphatic carbocycles. The first-order valence-corrected chi connectivity index (χ1v) is 6.74. The SMILES string of the molecule is [O-]C1=N/[N+](=C(/c2ccccc2)c2ccc(Br)cc2)C1. The maximum atomic E-state index is 11.1. The fraction of sp³-hybridized carbons (Fsp3) is 0.0667. The summed E-state index contributed by atoms with van der Waals surface area (Å²) >= 11 is 3.43. The van der Waals surface area contributed by atoms with Gasteiger partial charge in [-0.05, 0) is 41.5 Å². The summed E-state index contributed by atoms with van der Waals surface area (Å²) in [7, 11) is 0. The average Bonchev–Trinajstić information content (AvgIpc) is 2.40. The lowest BCUT2D eigenvalue weighted by Gasteiger charge is -2.16. The van der Waals surface area contributed by atoms with Crippen LogP contribution < -0.4 is 5.11 Å². The van der Waals surface area contributed by atoms with Crippen molar-refractivity contribution in [1.82, 2.24) is 0 Å². The van der Waals surface area contributed by atoms with E-state index in [0.29, 0.717) is 6.54 Å². The molecule has 1 heterocycles. The van der Waals surface area contributed by atoms with Crippen LogP contribution in [-0.4, -0.2) is 22.8 Å². The molecule has 2 aromatic rings. The van der Waals surface area contributed by atoms with Gasteiger partial charge in [0, 0.05) is 15.6 Å². The van der Waals surface area contributed by atoms with Crippen LogP contribution in [0.3, 0.4) is 0 Å². The van der Waals surface area contributed by atoms with Crippen LogP contribution in [0.2, 0.25) is 0 Å². The Morgan fingerprint density at radius 3 is 2.16 bits per heavy atom. The van der Waals surface area contributed by atoms with Crippen molar-refractivity contribution in [3.63, 3.8) is 0 Å². The second-order valence-corrected chi connectivity index (χ2v) is 5.19. The minimum Gasteiger partial charge on any atom is -0.853 e. The summed E-state index contributed by atoms with van der Waals surface area (Å²) in [5, 5.41) is 15.0. The summed E-state index contributed by atoms with van der Waals surface area (Å²) in [5.41, 5.74) is 3.07. The number of hydrogen-bond acceptors (Lipinski definition) is 2. The van der Waals surface area contributed by atoms with Gasteiger partial charge >= 0.3 is 0 Å². The Morgan fingerprint density at radius 1 is 1.00 bits per heavy atom. The zero-order chi connectivity index (χ0) is 13.2. The topological polar surface area (TPSA) is 38.4 Å². The van der Waals surface area contributed by atoms with Crippen LogP contribution in [0.4, 0.5) is 0 Å². The summed E-state index contributed by atoms with van der Waals surface area (Å²) in [6.45, 7) is 0.348. The van der Waals surface area contributed by atoms with E-state index in [-0.39, 0.29) is 5.90 Å². The Balaban J connectivity index is 2.14. The van der Waals surface area contributed by atoms with Crippen molar-refractivity contribution >= 4 is 27.5 Å². The van der Waals surface area contributed by atoms with E-state index >= 15 is 0 Å². The van der Waals surface area contributed by atoms with Gasteiger partial charge in [0.25, 0.3) is 0 Å². The van der Waals surface area contributed by atoms with Crippen LogP contribution in [0.15, 0.2) is 64.2 Å². The molecule has 1 aliphatic heterocycles. The van der Waals surface area contributed by atoms with Crippen molar-refractivity contribution in [3.05, 3.63) is 70.2 Å². The van der Waals surface area contributed by atoms with Gasteiger partial charge in [0.05, 0.1) is 0 Å². The maximum Gasteiger partial charge on any atom is 0.246 e. The van der Waals surface area contributed by atoms with Gasteiger partial charge in [0.2, 0.25) is 12.3 Å². The largest absolute Gasteiger partial charge is 0.853 e. The minimum atomic E-state index is -0.0782. The lowest BCUT2D eigenvalue weighted by Crippen LogP contribution is -2.41. The summed E-state index contributed by atoms with van der Waals surface area (Å²) < 4.78 is 2.78. The van der Waals surface area contributed by atoms with E-state index in [9.17, 15) is 5.11 Å². The number of nitrogens with zero attached hydrogens (tertiary/aromatic N) is 2. The standard InChI is InChI=1S/C15H11BrN2O/c16-13-8-6-12(7-9-13)15(18-10-14(19)17-18)11-4-2-1-3-5-11/h1-9H,10H2/b18-15-. The summed E-state index contributed by atoms with van der Waals surface area (Å²) in [5.74, 6) is -0.0782. The first kappa shape index (κ1) is 12.1. The average molecular weight is 315 g/mol. The fourth-order valence-corrected chi connectivity index (χ4v) is 2.31. The second kappa shape index (κ2) is 4.97. The smallest absolute Gasteiger partial charge is 0.246 e. The fourth-order valence-electron chi connectivity index (χ4n) is 2.05. The molecule has 2 aromatic carbocycles. The predicted molar refractivity (Wildman–Crippen MR) is 76.4 cm³/mol. The Bertz CT molecular complexity index is 660. The van der Waals surface area contributed by atoms with Gasteiger partial charge in [-0.25, -0.2) is 0 Å². The highest BCUT2D eigenvalue weighted by atomic mass is 79.9. The van der Waals surface area contributed by atoms with E-state index in [0.717, 1.165) is 21.3 Å². The van der Waals surface area contributed by atoms with Crippen molar-refractivity contribution in [3.8, 4) is 0 Å². The first-order valence-electron chi connectivity index (χ1n) is 5.94. The van der Waals surface area contributed by atoms with Gasteiger partial charge in [0.1, 0.15) is 5.90 Å². The second-order valence-electron chi connectivity index (χ2n) is 4.27. The van der Waals surface area contributed by atoms with Gasteiger partial charge < -0.3 is 5.11 Å². The van der Waals surface area contributed by atoms with Crippen LogP contribution in [0, 0.1) is 0 Å². The van der Waals surface area contributed by atoms with Crippen LogP contribution in [-0.2, 0) is 0 Å². The Hall–Kier alpha value is -1.94. The molecule has 0 fully saturated rings. The molecule has 4 heteroatoms. The molecule has 3 rings (SSSR count). The van der Waals surface area contributed by atoms with E-state index in [1.807, 2.05) is 54.6 Å². The summed E-state index contributed by atoms with van der Waals surface area (Å²) in [4.78, 5) is 0. The van der Waals surface area contributed by atoms with E-state index in [1.54, 1.807) is 4.68 Å². The normalized spacial score (nSPS) is 16.6. The first-order chi connectivity index (χ1) is 9.24.